The van der Waals surface area contributed by atoms with Crippen LogP contribution in [0.1, 0.15) is 12.0 Å². The highest BCUT2D eigenvalue weighted by Gasteiger charge is 2.20. The van der Waals surface area contributed by atoms with E-state index in [9.17, 15) is 9.59 Å². The number of hydrogen-bond donors (Lipinski definition) is 2. The van der Waals surface area contributed by atoms with E-state index < -0.39 is 6.04 Å². The van der Waals surface area contributed by atoms with Crippen molar-refractivity contribution in [2.45, 2.75) is 18.9 Å². The maximum atomic E-state index is 12.5. The minimum absolute atomic E-state index is 0.114. The van der Waals surface area contributed by atoms with E-state index in [-0.39, 0.29) is 18.4 Å². The molecule has 2 rings (SSSR count). The van der Waals surface area contributed by atoms with Gasteiger partial charge in [-0.3, -0.25) is 9.59 Å². The summed E-state index contributed by atoms with van der Waals surface area (Å²) in [7, 11) is 0. The third-order valence-electron chi connectivity index (χ3n) is 3.93. The lowest BCUT2D eigenvalue weighted by molar-refractivity contribution is -0.130. The largest absolute Gasteiger partial charge is 0.484 e. The van der Waals surface area contributed by atoms with E-state index in [4.69, 9.17) is 4.74 Å². The van der Waals surface area contributed by atoms with E-state index in [2.05, 4.69) is 10.6 Å². The molecule has 1 atom stereocenters. The van der Waals surface area contributed by atoms with Gasteiger partial charge >= 0.3 is 0 Å². The molecule has 2 N–H and O–H groups in total. The molecule has 5 nitrogen and oxygen atoms in total. The molecule has 0 saturated heterocycles. The van der Waals surface area contributed by atoms with E-state index in [0.717, 1.165) is 12.2 Å². The number of rotatable bonds is 11. The Morgan fingerprint density at radius 3 is 2.37 bits per heavy atom. The monoisotopic (exact) mass is 386 g/mol. The van der Waals surface area contributed by atoms with Crippen LogP contribution in [0.2, 0.25) is 0 Å². The molecule has 1 unspecified atom stereocenters. The van der Waals surface area contributed by atoms with Crippen molar-refractivity contribution >= 4 is 23.6 Å². The molecule has 0 aliphatic heterocycles. The van der Waals surface area contributed by atoms with Gasteiger partial charge in [0.15, 0.2) is 6.61 Å². The summed E-state index contributed by atoms with van der Waals surface area (Å²) in [4.78, 5) is 24.6. The number of benzene rings is 2. The number of hydrogen-bond acceptors (Lipinski definition) is 4. The van der Waals surface area contributed by atoms with Crippen molar-refractivity contribution in [1.82, 2.24) is 10.6 Å². The van der Waals surface area contributed by atoms with Crippen LogP contribution in [0.15, 0.2) is 60.7 Å². The van der Waals surface area contributed by atoms with Crippen LogP contribution in [0.4, 0.5) is 0 Å². The maximum Gasteiger partial charge on any atom is 0.258 e. The third kappa shape index (κ3) is 8.17. The third-order valence-corrected chi connectivity index (χ3v) is 4.58. The van der Waals surface area contributed by atoms with Crippen molar-refractivity contribution in [2.75, 3.05) is 25.2 Å². The van der Waals surface area contributed by atoms with Gasteiger partial charge in [0.2, 0.25) is 5.91 Å². The Labute approximate surface area is 164 Å². The molecule has 2 aromatic carbocycles. The van der Waals surface area contributed by atoms with Crippen LogP contribution in [0.5, 0.6) is 5.75 Å². The van der Waals surface area contributed by atoms with Crippen LogP contribution in [0.25, 0.3) is 0 Å². The molecule has 0 saturated carbocycles. The number of amides is 2. The lowest BCUT2D eigenvalue weighted by Gasteiger charge is -2.18. The summed E-state index contributed by atoms with van der Waals surface area (Å²) in [6.07, 6.45) is 3.31. The predicted molar refractivity (Wildman–Crippen MR) is 110 cm³/mol. The molecular weight excluding hydrogens is 360 g/mol. The second-order valence-electron chi connectivity index (χ2n) is 6.03. The molecule has 27 heavy (non-hydrogen) atoms. The zero-order valence-corrected chi connectivity index (χ0v) is 16.3. The molecule has 0 fully saturated rings. The fraction of sp³-hybridized carbons (Fsp3) is 0.333. The summed E-state index contributed by atoms with van der Waals surface area (Å²) in [5.74, 6) is 0.952. The molecule has 2 amide bonds. The van der Waals surface area contributed by atoms with E-state index >= 15 is 0 Å². The van der Waals surface area contributed by atoms with E-state index in [1.165, 1.54) is 5.56 Å². The van der Waals surface area contributed by atoms with Crippen LogP contribution in [-0.4, -0.2) is 43.0 Å². The Bertz CT molecular complexity index is 695. The second-order valence-corrected chi connectivity index (χ2v) is 7.02. The number of thioether (sulfide) groups is 1. The quantitative estimate of drug-likeness (QED) is 0.623. The van der Waals surface area contributed by atoms with Crippen molar-refractivity contribution in [1.29, 1.82) is 0 Å². The topological polar surface area (TPSA) is 67.4 Å². The van der Waals surface area contributed by atoms with Gasteiger partial charge in [-0.15, -0.1) is 0 Å². The molecule has 2 aromatic rings. The van der Waals surface area contributed by atoms with Gasteiger partial charge in [-0.1, -0.05) is 48.5 Å². The summed E-state index contributed by atoms with van der Waals surface area (Å²) in [6.45, 7) is 0.423. The lowest BCUT2D eigenvalue weighted by Crippen LogP contribution is -2.48. The first kappa shape index (κ1) is 20.8. The standard InChI is InChI=1S/C21H26N2O3S/c1-27-15-13-19(21(25)22-14-12-17-8-4-2-5-9-17)23-20(24)16-26-18-10-6-3-7-11-18/h2-11,19H,12-16H2,1H3,(H,22,25)(H,23,24). The fourth-order valence-electron chi connectivity index (χ4n) is 2.50. The van der Waals surface area contributed by atoms with Crippen LogP contribution in [0, 0.1) is 0 Å². The molecular formula is C21H26N2O3S. The van der Waals surface area contributed by atoms with Gasteiger partial charge in [0.1, 0.15) is 11.8 Å². The predicted octanol–water partition coefficient (Wildman–Crippen LogP) is 2.66. The SMILES string of the molecule is CSCCC(NC(=O)COc1ccccc1)C(=O)NCCc1ccccc1. The molecule has 0 bridgehead atoms. The lowest BCUT2D eigenvalue weighted by atomic mass is 10.1. The molecule has 6 heteroatoms. The first-order valence-electron chi connectivity index (χ1n) is 8.97. The molecule has 0 spiro atoms. The van der Waals surface area contributed by atoms with Crippen molar-refractivity contribution in [2.24, 2.45) is 0 Å². The fourth-order valence-corrected chi connectivity index (χ4v) is 2.98. The number of carbonyl (C=O) groups excluding carboxylic acids is 2. The normalized spacial score (nSPS) is 11.4. The first-order valence-corrected chi connectivity index (χ1v) is 10.4. The average molecular weight is 387 g/mol. The van der Waals surface area contributed by atoms with Gasteiger partial charge in [-0.25, -0.2) is 0 Å². The van der Waals surface area contributed by atoms with Crippen molar-refractivity contribution in [3.05, 3.63) is 66.2 Å². The molecule has 0 radical (unpaired) electrons. The minimum atomic E-state index is -0.555. The molecule has 0 heterocycles. The Morgan fingerprint density at radius 2 is 1.70 bits per heavy atom. The van der Waals surface area contributed by atoms with Crippen molar-refractivity contribution in [3.63, 3.8) is 0 Å². The zero-order valence-electron chi connectivity index (χ0n) is 15.5. The second kappa shape index (κ2) is 12.0. The van der Waals surface area contributed by atoms with Crippen molar-refractivity contribution < 1.29 is 14.3 Å². The van der Waals surface area contributed by atoms with Gasteiger partial charge in [0, 0.05) is 6.54 Å². The molecule has 0 aliphatic rings. The van der Waals surface area contributed by atoms with Crippen molar-refractivity contribution in [3.8, 4) is 5.75 Å². The van der Waals surface area contributed by atoms with Gasteiger partial charge in [0.05, 0.1) is 0 Å². The summed E-state index contributed by atoms with van der Waals surface area (Å²) >= 11 is 1.64. The number of nitrogens with one attached hydrogen (secondary N) is 2. The highest BCUT2D eigenvalue weighted by molar-refractivity contribution is 7.98. The Kier molecular flexibility index (Phi) is 9.27. The van der Waals surface area contributed by atoms with E-state index in [1.54, 1.807) is 23.9 Å². The van der Waals surface area contributed by atoms with Gasteiger partial charge < -0.3 is 15.4 Å². The Balaban J connectivity index is 1.79. The van der Waals surface area contributed by atoms with Crippen LogP contribution in [0.3, 0.4) is 0 Å². The van der Waals surface area contributed by atoms with Crippen LogP contribution < -0.4 is 15.4 Å². The van der Waals surface area contributed by atoms with Crippen LogP contribution >= 0.6 is 11.8 Å². The summed E-state index contributed by atoms with van der Waals surface area (Å²) in [6, 6.07) is 18.6. The Morgan fingerprint density at radius 1 is 1.04 bits per heavy atom. The number of carbonyl (C=O) groups is 2. The minimum Gasteiger partial charge on any atom is -0.484 e. The zero-order chi connectivity index (χ0) is 19.3. The summed E-state index contributed by atoms with van der Waals surface area (Å²) < 4.78 is 5.44. The first-order chi connectivity index (χ1) is 13.2. The smallest absolute Gasteiger partial charge is 0.258 e. The summed E-state index contributed by atoms with van der Waals surface area (Å²) in [5.41, 5.74) is 1.17. The highest BCUT2D eigenvalue weighted by atomic mass is 32.2. The summed E-state index contributed by atoms with van der Waals surface area (Å²) in [5, 5.41) is 5.70. The molecule has 0 aliphatic carbocycles. The number of ether oxygens (including phenoxy) is 1. The van der Waals surface area contributed by atoms with Gasteiger partial charge in [-0.05, 0) is 42.5 Å². The highest BCUT2D eigenvalue weighted by Crippen LogP contribution is 2.08. The van der Waals surface area contributed by atoms with Crippen LogP contribution in [-0.2, 0) is 16.0 Å². The van der Waals surface area contributed by atoms with Gasteiger partial charge in [-0.2, -0.15) is 11.8 Å². The van der Waals surface area contributed by atoms with Gasteiger partial charge in [0.25, 0.3) is 5.91 Å². The molecule has 144 valence electrons. The average Bonchev–Trinajstić information content (AvgIpc) is 2.71. The Hall–Kier alpha value is -2.47. The van der Waals surface area contributed by atoms with E-state index in [0.29, 0.717) is 18.7 Å². The molecule has 0 aromatic heterocycles. The van der Waals surface area contributed by atoms with E-state index in [1.807, 2.05) is 54.8 Å². The maximum absolute atomic E-state index is 12.5. The number of para-hydroxylation sites is 1.